The lowest BCUT2D eigenvalue weighted by molar-refractivity contribution is 0.0955. The Morgan fingerprint density at radius 2 is 2.04 bits per heavy atom. The molecule has 0 saturated heterocycles. The molecule has 6 nitrogen and oxygen atoms in total. The Kier molecular flexibility index (Phi) is 7.32. The molecule has 1 unspecified atom stereocenters. The van der Waals surface area contributed by atoms with Crippen LogP contribution in [0.2, 0.25) is 0 Å². The van der Waals surface area contributed by atoms with Crippen LogP contribution in [0.1, 0.15) is 28.0 Å². The number of benzene rings is 1. The van der Waals surface area contributed by atoms with E-state index in [-0.39, 0.29) is 18.3 Å². The number of amides is 1. The van der Waals surface area contributed by atoms with Gasteiger partial charge in [0.1, 0.15) is 0 Å². The van der Waals surface area contributed by atoms with Crippen LogP contribution in [-0.4, -0.2) is 29.1 Å². The third kappa shape index (κ3) is 5.14. The summed E-state index contributed by atoms with van der Waals surface area (Å²) in [4.78, 5) is 17.1. The number of hydrogen-bond donors (Lipinski definition) is 2. The first-order valence-corrected chi connectivity index (χ1v) is 8.94. The van der Waals surface area contributed by atoms with Crippen LogP contribution in [0.15, 0.2) is 46.3 Å². The summed E-state index contributed by atoms with van der Waals surface area (Å²) in [6.45, 7) is 2.54. The number of carbonyl (C=O) groups is 1. The zero-order valence-electron chi connectivity index (χ0n) is 14.6. The first kappa shape index (κ1) is 20.1. The predicted molar refractivity (Wildman–Crippen MR) is 105 cm³/mol. The lowest BCUT2D eigenvalue weighted by Gasteiger charge is -2.05. The van der Waals surface area contributed by atoms with Crippen molar-refractivity contribution in [3.05, 3.63) is 58.0 Å². The maximum Gasteiger partial charge on any atom is 0.261 e. The molecule has 1 amide bonds. The summed E-state index contributed by atoms with van der Waals surface area (Å²) in [6.07, 6.45) is 0.715. The lowest BCUT2D eigenvalue weighted by atomic mass is 10.1. The van der Waals surface area contributed by atoms with Crippen molar-refractivity contribution in [2.75, 3.05) is 7.05 Å². The summed E-state index contributed by atoms with van der Waals surface area (Å²) >= 11 is 1.43. The van der Waals surface area contributed by atoms with Gasteiger partial charge < -0.3 is 15.2 Å². The average Bonchev–Trinajstić information content (AvgIpc) is 3.32. The molecule has 0 aliphatic carbocycles. The number of rotatable bonds is 7. The molecule has 2 N–H and O–H groups in total. The summed E-state index contributed by atoms with van der Waals surface area (Å²) in [5.41, 5.74) is 1.88. The quantitative estimate of drug-likeness (QED) is 0.644. The van der Waals surface area contributed by atoms with Crippen molar-refractivity contribution in [3.8, 4) is 11.5 Å². The minimum absolute atomic E-state index is 0. The topological polar surface area (TPSA) is 80.0 Å². The minimum atomic E-state index is -0.0562. The van der Waals surface area contributed by atoms with Crippen molar-refractivity contribution < 1.29 is 9.32 Å². The zero-order valence-corrected chi connectivity index (χ0v) is 16.2. The van der Waals surface area contributed by atoms with E-state index in [4.69, 9.17) is 4.52 Å². The van der Waals surface area contributed by atoms with Gasteiger partial charge in [0.05, 0.1) is 4.88 Å². The van der Waals surface area contributed by atoms with Crippen molar-refractivity contribution in [2.45, 2.75) is 25.9 Å². The van der Waals surface area contributed by atoms with Gasteiger partial charge in [0, 0.05) is 24.6 Å². The molecule has 8 heteroatoms. The molecular weight excluding hydrogens is 372 g/mol. The molecule has 2 heterocycles. The number of aromatic nitrogens is 2. The number of nitrogens with zero attached hydrogens (tertiary/aromatic N) is 2. The molecule has 1 atom stereocenters. The number of thiophene rings is 1. The molecule has 0 radical (unpaired) electrons. The Morgan fingerprint density at radius 1 is 1.27 bits per heavy atom. The fourth-order valence-electron chi connectivity index (χ4n) is 2.27. The van der Waals surface area contributed by atoms with Gasteiger partial charge in [-0.2, -0.15) is 4.98 Å². The number of likely N-dealkylation sites (N-methyl/N-ethyl adjacent to an activating group) is 1. The first-order valence-electron chi connectivity index (χ1n) is 8.06. The monoisotopic (exact) mass is 392 g/mol. The van der Waals surface area contributed by atoms with E-state index in [1.54, 1.807) is 0 Å². The lowest BCUT2D eigenvalue weighted by Crippen LogP contribution is -2.24. The van der Waals surface area contributed by atoms with Crippen LogP contribution in [-0.2, 0) is 13.0 Å². The zero-order chi connectivity index (χ0) is 17.6. The van der Waals surface area contributed by atoms with Crippen molar-refractivity contribution in [1.82, 2.24) is 20.8 Å². The van der Waals surface area contributed by atoms with Gasteiger partial charge >= 0.3 is 0 Å². The summed E-state index contributed by atoms with van der Waals surface area (Å²) in [7, 11) is 1.90. The van der Waals surface area contributed by atoms with Gasteiger partial charge in [-0.3, -0.25) is 4.79 Å². The van der Waals surface area contributed by atoms with Gasteiger partial charge in [0.15, 0.2) is 5.82 Å². The molecule has 0 saturated carbocycles. The Bertz CT molecular complexity index is 818. The number of halogens is 1. The van der Waals surface area contributed by atoms with Gasteiger partial charge in [-0.15, -0.1) is 23.7 Å². The Hall–Kier alpha value is -2.22. The highest BCUT2D eigenvalue weighted by atomic mass is 35.5. The molecule has 3 rings (SSSR count). The van der Waals surface area contributed by atoms with E-state index in [1.807, 2.05) is 48.8 Å². The van der Waals surface area contributed by atoms with E-state index in [0.717, 1.165) is 11.1 Å². The second-order valence-corrected chi connectivity index (χ2v) is 6.71. The standard InChI is InChI=1S/C18H20N4O2S.ClH/c1-12(19-2)10-16-21-18(24-22-16)14-7-5-13(6-8-14)11-20-17(23)15-4-3-9-25-15;/h3-9,12,19H,10-11H2,1-2H3,(H,20,23);1H. The highest BCUT2D eigenvalue weighted by Crippen LogP contribution is 2.18. The third-order valence-corrected chi connectivity index (χ3v) is 4.72. The maximum absolute atomic E-state index is 11.9. The molecule has 138 valence electrons. The fourth-order valence-corrected chi connectivity index (χ4v) is 2.91. The van der Waals surface area contributed by atoms with Crippen molar-refractivity contribution >= 4 is 29.7 Å². The van der Waals surface area contributed by atoms with Crippen molar-refractivity contribution in [2.24, 2.45) is 0 Å². The van der Waals surface area contributed by atoms with Crippen LogP contribution in [0.4, 0.5) is 0 Å². The minimum Gasteiger partial charge on any atom is -0.347 e. The Morgan fingerprint density at radius 3 is 2.69 bits per heavy atom. The van der Waals surface area contributed by atoms with Gasteiger partial charge in [0.25, 0.3) is 11.8 Å². The van der Waals surface area contributed by atoms with E-state index in [0.29, 0.717) is 35.6 Å². The molecule has 26 heavy (non-hydrogen) atoms. The second kappa shape index (κ2) is 9.47. The molecule has 3 aromatic rings. The number of carbonyl (C=O) groups excluding carboxylic acids is 1. The van der Waals surface area contributed by atoms with E-state index in [1.165, 1.54) is 11.3 Å². The van der Waals surface area contributed by atoms with Crippen LogP contribution in [0, 0.1) is 0 Å². The SMILES string of the molecule is CNC(C)Cc1noc(-c2ccc(CNC(=O)c3cccs3)cc2)n1.Cl. The molecular formula is C18H21ClN4O2S. The van der Waals surface area contributed by atoms with Gasteiger partial charge in [-0.05, 0) is 43.1 Å². The Balaban J connectivity index is 0.00000243. The highest BCUT2D eigenvalue weighted by Gasteiger charge is 2.11. The molecule has 0 fully saturated rings. The maximum atomic E-state index is 11.9. The largest absolute Gasteiger partial charge is 0.347 e. The van der Waals surface area contributed by atoms with Crippen LogP contribution >= 0.6 is 23.7 Å². The van der Waals surface area contributed by atoms with Crippen LogP contribution in [0.5, 0.6) is 0 Å². The van der Waals surface area contributed by atoms with Crippen molar-refractivity contribution in [3.63, 3.8) is 0 Å². The highest BCUT2D eigenvalue weighted by molar-refractivity contribution is 7.12. The normalized spacial score (nSPS) is 11.6. The number of hydrogen-bond acceptors (Lipinski definition) is 6. The fraction of sp³-hybridized carbons (Fsp3) is 0.278. The molecule has 0 bridgehead atoms. The average molecular weight is 393 g/mol. The van der Waals surface area contributed by atoms with Crippen LogP contribution < -0.4 is 10.6 Å². The second-order valence-electron chi connectivity index (χ2n) is 5.77. The summed E-state index contributed by atoms with van der Waals surface area (Å²) < 4.78 is 5.33. The smallest absolute Gasteiger partial charge is 0.261 e. The molecule has 1 aromatic carbocycles. The third-order valence-electron chi connectivity index (χ3n) is 3.85. The van der Waals surface area contributed by atoms with Gasteiger partial charge in [0.2, 0.25) is 0 Å². The van der Waals surface area contributed by atoms with E-state index in [2.05, 4.69) is 27.7 Å². The number of nitrogens with one attached hydrogen (secondary N) is 2. The van der Waals surface area contributed by atoms with Gasteiger partial charge in [-0.1, -0.05) is 23.4 Å². The molecule has 0 spiro atoms. The van der Waals surface area contributed by atoms with E-state index < -0.39 is 0 Å². The summed E-state index contributed by atoms with van der Waals surface area (Å²) in [6, 6.07) is 11.7. The Labute approximate surface area is 162 Å². The van der Waals surface area contributed by atoms with E-state index >= 15 is 0 Å². The molecule has 0 aliphatic heterocycles. The molecule has 2 aromatic heterocycles. The first-order chi connectivity index (χ1) is 12.2. The molecule has 0 aliphatic rings. The van der Waals surface area contributed by atoms with Crippen LogP contribution in [0.25, 0.3) is 11.5 Å². The predicted octanol–water partition coefficient (Wildman–Crippen LogP) is 3.30. The summed E-state index contributed by atoms with van der Waals surface area (Å²) in [5, 5.41) is 12.0. The van der Waals surface area contributed by atoms with Crippen molar-refractivity contribution in [1.29, 1.82) is 0 Å². The van der Waals surface area contributed by atoms with E-state index in [9.17, 15) is 4.79 Å². The van der Waals surface area contributed by atoms with Gasteiger partial charge in [-0.25, -0.2) is 0 Å². The van der Waals surface area contributed by atoms with Crippen LogP contribution in [0.3, 0.4) is 0 Å². The summed E-state index contributed by atoms with van der Waals surface area (Å²) in [5.74, 6) is 1.14.